The summed E-state index contributed by atoms with van der Waals surface area (Å²) in [5.74, 6) is -0.318. The highest BCUT2D eigenvalue weighted by atomic mass is 79.9. The monoisotopic (exact) mass is 326 g/mol. The molecule has 0 fully saturated rings. The third-order valence-corrected chi connectivity index (χ3v) is 3.77. The largest absolute Gasteiger partial charge is 0.290 e. The summed E-state index contributed by atoms with van der Waals surface area (Å²) >= 11 is 4.83. The fourth-order valence-corrected chi connectivity index (χ4v) is 2.51. The molecule has 2 aromatic rings. The summed E-state index contributed by atoms with van der Waals surface area (Å²) in [7, 11) is 0. The van der Waals surface area contributed by atoms with Gasteiger partial charge in [-0.1, -0.05) is 13.0 Å². The van der Waals surface area contributed by atoms with Crippen molar-refractivity contribution >= 4 is 38.9 Å². The number of rotatable bonds is 4. The lowest BCUT2D eigenvalue weighted by Crippen LogP contribution is -2.20. The van der Waals surface area contributed by atoms with E-state index in [-0.39, 0.29) is 5.91 Å². The predicted octanol–water partition coefficient (Wildman–Crippen LogP) is 2.78. The molecule has 7 heteroatoms. The predicted molar refractivity (Wildman–Crippen MR) is 74.9 cm³/mol. The van der Waals surface area contributed by atoms with Crippen molar-refractivity contribution in [3.05, 3.63) is 38.8 Å². The van der Waals surface area contributed by atoms with Crippen LogP contribution in [0.15, 0.2) is 33.3 Å². The molecular formula is C11H11BrN4OS. The molecule has 0 spiro atoms. The Morgan fingerprint density at radius 3 is 3.06 bits per heavy atom. The van der Waals surface area contributed by atoms with E-state index in [4.69, 9.17) is 0 Å². The maximum atomic E-state index is 11.8. The number of carbonyl (C=O) groups excluding carboxylic acids is 1. The van der Waals surface area contributed by atoms with Gasteiger partial charge < -0.3 is 0 Å². The summed E-state index contributed by atoms with van der Waals surface area (Å²) in [6.07, 6.45) is 2.28. The zero-order valence-corrected chi connectivity index (χ0v) is 12.0. The third-order valence-electron chi connectivity index (χ3n) is 2.25. The molecule has 2 rings (SSSR count). The lowest BCUT2D eigenvalue weighted by molar-refractivity contribution is 0.0949. The molecule has 0 radical (unpaired) electrons. The van der Waals surface area contributed by atoms with E-state index in [0.29, 0.717) is 10.2 Å². The van der Waals surface area contributed by atoms with E-state index in [1.807, 2.05) is 24.4 Å². The average Bonchev–Trinajstić information content (AvgIpc) is 3.01. The fourth-order valence-electron chi connectivity index (χ4n) is 1.36. The molecule has 0 aromatic carbocycles. The maximum absolute atomic E-state index is 11.8. The van der Waals surface area contributed by atoms with Gasteiger partial charge in [0.1, 0.15) is 5.69 Å². The van der Waals surface area contributed by atoms with Gasteiger partial charge in [-0.2, -0.15) is 10.2 Å². The second-order valence-corrected chi connectivity index (χ2v) is 5.23. The van der Waals surface area contributed by atoms with Gasteiger partial charge in [0, 0.05) is 0 Å². The Kier molecular flexibility index (Phi) is 4.27. The minimum Gasteiger partial charge on any atom is -0.272 e. The van der Waals surface area contributed by atoms with Crippen molar-refractivity contribution in [1.82, 2.24) is 15.6 Å². The molecule has 2 heterocycles. The SMILES string of the molecule is CC/C(=N\NC(=O)c1[nH]ncc1Br)c1cccs1. The van der Waals surface area contributed by atoms with Gasteiger partial charge in [-0.15, -0.1) is 11.3 Å². The zero-order chi connectivity index (χ0) is 13.0. The van der Waals surface area contributed by atoms with Crippen LogP contribution in [0.2, 0.25) is 0 Å². The molecular weight excluding hydrogens is 316 g/mol. The number of H-pyrrole nitrogens is 1. The lowest BCUT2D eigenvalue weighted by atomic mass is 10.2. The molecule has 0 unspecified atom stereocenters. The first-order valence-corrected chi connectivity index (χ1v) is 6.99. The van der Waals surface area contributed by atoms with Crippen LogP contribution in [0.25, 0.3) is 0 Å². The molecule has 18 heavy (non-hydrogen) atoms. The second-order valence-electron chi connectivity index (χ2n) is 3.42. The molecule has 0 aliphatic carbocycles. The van der Waals surface area contributed by atoms with Crippen LogP contribution < -0.4 is 5.43 Å². The van der Waals surface area contributed by atoms with E-state index in [9.17, 15) is 4.79 Å². The van der Waals surface area contributed by atoms with E-state index in [1.54, 1.807) is 11.3 Å². The van der Waals surface area contributed by atoms with E-state index in [0.717, 1.165) is 17.0 Å². The Hall–Kier alpha value is -1.47. The number of hydrogen-bond donors (Lipinski definition) is 2. The van der Waals surface area contributed by atoms with E-state index in [2.05, 4.69) is 36.7 Å². The first-order valence-electron chi connectivity index (χ1n) is 5.32. The average molecular weight is 327 g/mol. The number of hydrogen-bond acceptors (Lipinski definition) is 4. The van der Waals surface area contributed by atoms with Crippen molar-refractivity contribution in [3.63, 3.8) is 0 Å². The minimum atomic E-state index is -0.318. The number of nitrogens with one attached hydrogen (secondary N) is 2. The van der Waals surface area contributed by atoms with Crippen LogP contribution >= 0.6 is 27.3 Å². The second kappa shape index (κ2) is 5.92. The number of aromatic amines is 1. The van der Waals surface area contributed by atoms with Crippen molar-refractivity contribution < 1.29 is 4.79 Å². The molecule has 0 saturated carbocycles. The van der Waals surface area contributed by atoms with Crippen molar-refractivity contribution in [3.8, 4) is 0 Å². The molecule has 2 aromatic heterocycles. The molecule has 5 nitrogen and oxygen atoms in total. The number of halogens is 1. The summed E-state index contributed by atoms with van der Waals surface area (Å²) < 4.78 is 0.615. The summed E-state index contributed by atoms with van der Waals surface area (Å²) in [5.41, 5.74) is 3.74. The molecule has 0 aliphatic rings. The van der Waals surface area contributed by atoms with Crippen molar-refractivity contribution in [1.29, 1.82) is 0 Å². The van der Waals surface area contributed by atoms with Gasteiger partial charge in [0.05, 0.1) is 21.3 Å². The minimum absolute atomic E-state index is 0.318. The summed E-state index contributed by atoms with van der Waals surface area (Å²) in [6.45, 7) is 2.00. The standard InChI is InChI=1S/C11H11BrN4OS/c1-2-8(9-4-3-5-18-9)14-16-11(17)10-7(12)6-13-15-10/h3-6H,2H2,1H3,(H,13,15)(H,16,17)/b14-8+. The number of thiophene rings is 1. The fraction of sp³-hybridized carbons (Fsp3) is 0.182. The Morgan fingerprint density at radius 2 is 2.50 bits per heavy atom. The highest BCUT2D eigenvalue weighted by molar-refractivity contribution is 9.10. The molecule has 1 amide bonds. The Morgan fingerprint density at radius 1 is 1.67 bits per heavy atom. The van der Waals surface area contributed by atoms with Gasteiger partial charge in [-0.25, -0.2) is 5.43 Å². The quantitative estimate of drug-likeness (QED) is 0.670. The number of aromatic nitrogens is 2. The first-order chi connectivity index (χ1) is 8.72. The molecule has 0 bridgehead atoms. The first kappa shape index (κ1) is 13.0. The number of hydrazone groups is 1. The van der Waals surface area contributed by atoms with E-state index >= 15 is 0 Å². The molecule has 94 valence electrons. The van der Waals surface area contributed by atoms with E-state index in [1.165, 1.54) is 6.20 Å². The van der Waals surface area contributed by atoms with Crippen molar-refractivity contribution in [2.24, 2.45) is 5.10 Å². The Labute approximate surface area is 116 Å². The third kappa shape index (κ3) is 2.85. The van der Waals surface area contributed by atoms with Crippen molar-refractivity contribution in [2.75, 3.05) is 0 Å². The molecule has 2 N–H and O–H groups in total. The van der Waals surface area contributed by atoms with Crippen LogP contribution in [-0.4, -0.2) is 21.8 Å². The van der Waals surface area contributed by atoms with Gasteiger partial charge >= 0.3 is 0 Å². The molecule has 0 aliphatic heterocycles. The molecule has 0 atom stereocenters. The Balaban J connectivity index is 2.10. The van der Waals surface area contributed by atoms with Crippen LogP contribution in [0, 0.1) is 0 Å². The van der Waals surface area contributed by atoms with Crippen LogP contribution in [0.3, 0.4) is 0 Å². The van der Waals surface area contributed by atoms with Crippen LogP contribution in [0.5, 0.6) is 0 Å². The van der Waals surface area contributed by atoms with Gasteiger partial charge in [0.2, 0.25) is 0 Å². The van der Waals surface area contributed by atoms with E-state index < -0.39 is 0 Å². The number of amides is 1. The van der Waals surface area contributed by atoms with Gasteiger partial charge in [-0.05, 0) is 33.8 Å². The highest BCUT2D eigenvalue weighted by Crippen LogP contribution is 2.13. The van der Waals surface area contributed by atoms with Crippen LogP contribution in [-0.2, 0) is 0 Å². The maximum Gasteiger partial charge on any atom is 0.290 e. The van der Waals surface area contributed by atoms with Gasteiger partial charge in [0.15, 0.2) is 0 Å². The number of carbonyl (C=O) groups is 1. The van der Waals surface area contributed by atoms with Crippen molar-refractivity contribution in [2.45, 2.75) is 13.3 Å². The van der Waals surface area contributed by atoms with Crippen LogP contribution in [0.1, 0.15) is 28.7 Å². The van der Waals surface area contributed by atoms with Gasteiger partial charge in [-0.3, -0.25) is 9.89 Å². The smallest absolute Gasteiger partial charge is 0.272 e. The van der Waals surface area contributed by atoms with Gasteiger partial charge in [0.25, 0.3) is 5.91 Å². The highest BCUT2D eigenvalue weighted by Gasteiger charge is 2.11. The number of nitrogens with zero attached hydrogens (tertiary/aromatic N) is 2. The zero-order valence-electron chi connectivity index (χ0n) is 9.61. The summed E-state index contributed by atoms with van der Waals surface area (Å²) in [6, 6.07) is 3.93. The summed E-state index contributed by atoms with van der Waals surface area (Å²) in [4.78, 5) is 12.9. The summed E-state index contributed by atoms with van der Waals surface area (Å²) in [5, 5.41) is 12.5. The molecule has 0 saturated heterocycles. The Bertz CT molecular complexity index is 561. The lowest BCUT2D eigenvalue weighted by Gasteiger charge is -2.02. The topological polar surface area (TPSA) is 70.1 Å². The normalized spacial score (nSPS) is 11.6. The van der Waals surface area contributed by atoms with Crippen LogP contribution in [0.4, 0.5) is 0 Å².